The fraction of sp³-hybridized carbons (Fsp3) is 0.478. The van der Waals surface area contributed by atoms with E-state index in [1.807, 2.05) is 12.1 Å². The van der Waals surface area contributed by atoms with Gasteiger partial charge in [0.15, 0.2) is 11.5 Å². The number of aliphatic hydroxyl groups excluding tert-OH is 1. The van der Waals surface area contributed by atoms with Crippen LogP contribution in [0.25, 0.3) is 0 Å². The summed E-state index contributed by atoms with van der Waals surface area (Å²) in [6.45, 7) is 7.06. The maximum absolute atomic E-state index is 9.60. The summed E-state index contributed by atoms with van der Waals surface area (Å²) in [5, 5.41) is 9.60. The van der Waals surface area contributed by atoms with Crippen LogP contribution in [0.3, 0.4) is 0 Å². The van der Waals surface area contributed by atoms with E-state index < -0.39 is 0 Å². The number of rotatable bonds is 8. The number of nitrogens with zero attached hydrogens (tertiary/aromatic N) is 2. The molecule has 0 aromatic heterocycles. The largest absolute Gasteiger partial charge is 0.493 e. The first-order valence-electron chi connectivity index (χ1n) is 9.98. The number of piperazine rings is 1. The van der Waals surface area contributed by atoms with Gasteiger partial charge in [-0.15, -0.1) is 0 Å². The third kappa shape index (κ3) is 4.85. The monoisotopic (exact) mass is 384 g/mol. The first-order valence-corrected chi connectivity index (χ1v) is 9.98. The lowest BCUT2D eigenvalue weighted by atomic mass is 10.0. The van der Waals surface area contributed by atoms with Crippen LogP contribution in [0.15, 0.2) is 42.5 Å². The quantitative estimate of drug-likeness (QED) is 0.758. The van der Waals surface area contributed by atoms with Gasteiger partial charge in [0.2, 0.25) is 0 Å². The van der Waals surface area contributed by atoms with E-state index in [-0.39, 0.29) is 6.61 Å². The molecule has 3 rings (SSSR count). The van der Waals surface area contributed by atoms with Crippen molar-refractivity contribution in [3.05, 3.63) is 59.2 Å². The Morgan fingerprint density at radius 1 is 0.964 bits per heavy atom. The van der Waals surface area contributed by atoms with E-state index in [1.165, 1.54) is 11.1 Å². The number of benzene rings is 2. The number of aryl methyl sites for hydroxylation is 1. The lowest BCUT2D eigenvalue weighted by Gasteiger charge is -2.41. The maximum atomic E-state index is 9.60. The van der Waals surface area contributed by atoms with Crippen molar-refractivity contribution in [2.24, 2.45) is 0 Å². The maximum Gasteiger partial charge on any atom is 0.165 e. The van der Waals surface area contributed by atoms with Gasteiger partial charge in [0.05, 0.1) is 14.2 Å². The molecule has 0 radical (unpaired) electrons. The molecule has 1 saturated heterocycles. The number of methoxy groups -OCH3 is 2. The Morgan fingerprint density at radius 2 is 1.75 bits per heavy atom. The van der Waals surface area contributed by atoms with Crippen LogP contribution in [0.5, 0.6) is 11.5 Å². The molecule has 0 saturated carbocycles. The summed E-state index contributed by atoms with van der Waals surface area (Å²) >= 11 is 0. The molecular weight excluding hydrogens is 352 g/mol. The summed E-state index contributed by atoms with van der Waals surface area (Å²) in [4.78, 5) is 4.96. The molecule has 1 N–H and O–H groups in total. The molecule has 5 heteroatoms. The molecule has 1 fully saturated rings. The van der Waals surface area contributed by atoms with Crippen LogP contribution in [0.1, 0.15) is 23.1 Å². The van der Waals surface area contributed by atoms with Gasteiger partial charge in [-0.25, -0.2) is 0 Å². The van der Waals surface area contributed by atoms with Crippen molar-refractivity contribution in [3.63, 3.8) is 0 Å². The molecule has 1 atom stereocenters. The van der Waals surface area contributed by atoms with Crippen molar-refractivity contribution in [2.75, 3.05) is 40.5 Å². The Morgan fingerprint density at radius 3 is 2.46 bits per heavy atom. The molecule has 28 heavy (non-hydrogen) atoms. The minimum Gasteiger partial charge on any atom is -0.493 e. The minimum absolute atomic E-state index is 0.214. The standard InChI is InChI=1S/C23H32N2O3/c1-18-7-4-5-8-19(18)16-25-13-12-24(17-21(25)11-14-26)15-20-9-6-10-22(27-2)23(20)28-3/h4-10,21,26H,11-17H2,1-3H3/t21-/m1/s1. The molecule has 0 unspecified atom stereocenters. The Bertz CT molecular complexity index is 765. The zero-order valence-corrected chi connectivity index (χ0v) is 17.2. The molecule has 1 aliphatic rings. The van der Waals surface area contributed by atoms with E-state index in [9.17, 15) is 5.11 Å². The normalized spacial score (nSPS) is 18.2. The second kappa shape index (κ2) is 9.92. The predicted molar refractivity (Wildman–Crippen MR) is 112 cm³/mol. The molecule has 5 nitrogen and oxygen atoms in total. The summed E-state index contributed by atoms with van der Waals surface area (Å²) in [5.41, 5.74) is 3.83. The molecule has 1 heterocycles. The van der Waals surface area contributed by atoms with Gasteiger partial charge in [0.25, 0.3) is 0 Å². The summed E-state index contributed by atoms with van der Waals surface area (Å²) in [7, 11) is 3.36. The van der Waals surface area contributed by atoms with E-state index in [2.05, 4.69) is 47.1 Å². The highest BCUT2D eigenvalue weighted by Crippen LogP contribution is 2.32. The van der Waals surface area contributed by atoms with E-state index in [4.69, 9.17) is 9.47 Å². The van der Waals surface area contributed by atoms with E-state index in [1.54, 1.807) is 14.2 Å². The molecule has 0 aliphatic carbocycles. The molecular formula is C23H32N2O3. The molecule has 1 aliphatic heterocycles. The number of aliphatic hydroxyl groups is 1. The van der Waals surface area contributed by atoms with Gasteiger partial charge in [-0.05, 0) is 30.5 Å². The molecule has 2 aromatic carbocycles. The van der Waals surface area contributed by atoms with E-state index in [0.717, 1.165) is 56.2 Å². The Labute approximate surface area is 168 Å². The zero-order valence-electron chi connectivity index (χ0n) is 17.2. The summed E-state index contributed by atoms with van der Waals surface area (Å²) < 4.78 is 11.0. The predicted octanol–water partition coefficient (Wildman–Crippen LogP) is 3.08. The first kappa shape index (κ1) is 20.6. The zero-order chi connectivity index (χ0) is 19.9. The summed E-state index contributed by atoms with van der Waals surface area (Å²) in [6, 6.07) is 14.9. The van der Waals surface area contributed by atoms with Crippen molar-refractivity contribution < 1.29 is 14.6 Å². The summed E-state index contributed by atoms with van der Waals surface area (Å²) in [5.74, 6) is 1.58. The average molecular weight is 385 g/mol. The molecule has 152 valence electrons. The van der Waals surface area contributed by atoms with E-state index in [0.29, 0.717) is 6.04 Å². The number of ether oxygens (including phenoxy) is 2. The van der Waals surface area contributed by atoms with E-state index >= 15 is 0 Å². The van der Waals surface area contributed by atoms with Gasteiger partial charge in [-0.1, -0.05) is 36.4 Å². The van der Waals surface area contributed by atoms with Crippen LogP contribution in [0.2, 0.25) is 0 Å². The van der Waals surface area contributed by atoms with Gasteiger partial charge in [0.1, 0.15) is 0 Å². The first-order chi connectivity index (χ1) is 13.7. The third-order valence-corrected chi connectivity index (χ3v) is 5.66. The van der Waals surface area contributed by atoms with Crippen LogP contribution in [0.4, 0.5) is 0 Å². The van der Waals surface area contributed by atoms with Crippen LogP contribution in [0, 0.1) is 6.92 Å². The summed E-state index contributed by atoms with van der Waals surface area (Å²) in [6.07, 6.45) is 0.789. The molecule has 0 spiro atoms. The number of hydrogen-bond acceptors (Lipinski definition) is 5. The Kier molecular flexibility index (Phi) is 7.31. The highest BCUT2D eigenvalue weighted by Gasteiger charge is 2.27. The smallest absolute Gasteiger partial charge is 0.165 e. The lowest BCUT2D eigenvalue weighted by Crippen LogP contribution is -2.52. The molecule has 2 aromatic rings. The SMILES string of the molecule is COc1cccc(CN2CCN(Cc3ccccc3C)[C@H](CCO)C2)c1OC. The third-order valence-electron chi connectivity index (χ3n) is 5.66. The molecule has 0 amide bonds. The average Bonchev–Trinajstić information content (AvgIpc) is 2.71. The van der Waals surface area contributed by atoms with Gasteiger partial charge >= 0.3 is 0 Å². The highest BCUT2D eigenvalue weighted by atomic mass is 16.5. The van der Waals surface area contributed by atoms with Gasteiger partial charge < -0.3 is 14.6 Å². The van der Waals surface area contributed by atoms with Gasteiger partial charge in [-0.2, -0.15) is 0 Å². The fourth-order valence-electron chi connectivity index (χ4n) is 4.06. The van der Waals surface area contributed by atoms with Crippen LogP contribution >= 0.6 is 0 Å². The number of hydrogen-bond donors (Lipinski definition) is 1. The second-order valence-electron chi connectivity index (χ2n) is 7.45. The Hall–Kier alpha value is -2.08. The van der Waals surface area contributed by atoms with Crippen LogP contribution in [-0.4, -0.2) is 61.4 Å². The van der Waals surface area contributed by atoms with Gasteiger partial charge in [0, 0.05) is 50.9 Å². The van der Waals surface area contributed by atoms with Crippen LogP contribution < -0.4 is 9.47 Å². The second-order valence-corrected chi connectivity index (χ2v) is 7.45. The van der Waals surface area contributed by atoms with Crippen molar-refractivity contribution in [1.29, 1.82) is 0 Å². The van der Waals surface area contributed by atoms with Gasteiger partial charge in [-0.3, -0.25) is 9.80 Å². The fourth-order valence-corrected chi connectivity index (χ4v) is 4.06. The molecule has 0 bridgehead atoms. The van der Waals surface area contributed by atoms with Crippen molar-refractivity contribution >= 4 is 0 Å². The number of para-hydroxylation sites is 1. The van der Waals surface area contributed by atoms with Crippen LogP contribution in [-0.2, 0) is 13.1 Å². The highest BCUT2D eigenvalue weighted by molar-refractivity contribution is 5.46. The van der Waals surface area contributed by atoms with Crippen molar-refractivity contribution in [1.82, 2.24) is 9.80 Å². The Balaban J connectivity index is 1.70. The lowest BCUT2D eigenvalue weighted by molar-refractivity contribution is 0.0495. The van der Waals surface area contributed by atoms with Crippen molar-refractivity contribution in [2.45, 2.75) is 32.5 Å². The minimum atomic E-state index is 0.214. The van der Waals surface area contributed by atoms with Crippen molar-refractivity contribution in [3.8, 4) is 11.5 Å². The topological polar surface area (TPSA) is 45.2 Å².